The summed E-state index contributed by atoms with van der Waals surface area (Å²) >= 11 is 0. The molecule has 1 aromatic rings. The minimum absolute atomic E-state index is 0.0462. The molecule has 21 heavy (non-hydrogen) atoms. The lowest BCUT2D eigenvalue weighted by atomic mass is 10.2. The zero-order valence-corrected chi connectivity index (χ0v) is 11.2. The molecule has 1 unspecified atom stereocenters. The van der Waals surface area contributed by atoms with Gasteiger partial charge in [0.05, 0.1) is 19.2 Å². The number of ether oxygens (including phenoxy) is 1. The first-order chi connectivity index (χ1) is 10.1. The second-order valence-electron chi connectivity index (χ2n) is 4.45. The number of carboxylic acid groups (broad SMARTS) is 1. The molecule has 1 aliphatic rings. The molecule has 1 aliphatic heterocycles. The molecular weight excluding hydrogens is 276 g/mol. The lowest BCUT2D eigenvalue weighted by molar-refractivity contribution is 0.0157. The van der Waals surface area contributed by atoms with Crippen molar-refractivity contribution in [2.75, 3.05) is 19.7 Å². The minimum atomic E-state index is -1.10. The first kappa shape index (κ1) is 14.7. The topological polar surface area (TPSA) is 116 Å². The van der Waals surface area contributed by atoms with E-state index in [1.165, 1.54) is 17.2 Å². The largest absolute Gasteiger partial charge is 0.477 e. The third-order valence-corrected chi connectivity index (χ3v) is 2.99. The van der Waals surface area contributed by atoms with Crippen molar-refractivity contribution >= 4 is 12.0 Å². The molecule has 2 heterocycles. The van der Waals surface area contributed by atoms with E-state index in [4.69, 9.17) is 15.1 Å². The van der Waals surface area contributed by atoms with Crippen LogP contribution in [-0.2, 0) is 11.3 Å². The predicted molar refractivity (Wildman–Crippen MR) is 70.4 cm³/mol. The van der Waals surface area contributed by atoms with Gasteiger partial charge >= 0.3 is 12.0 Å². The third-order valence-electron chi connectivity index (χ3n) is 2.99. The van der Waals surface area contributed by atoms with Crippen molar-refractivity contribution in [1.82, 2.24) is 15.2 Å². The molecule has 1 saturated heterocycles. The molecule has 2 N–H and O–H groups in total. The Bertz CT molecular complexity index is 567. The molecule has 1 atom stereocenters. The number of morpholine rings is 1. The smallest absolute Gasteiger partial charge is 0.354 e. The van der Waals surface area contributed by atoms with E-state index in [1.54, 1.807) is 6.07 Å². The van der Waals surface area contributed by atoms with Gasteiger partial charge in [0.2, 0.25) is 0 Å². The molecule has 0 radical (unpaired) electrons. The summed E-state index contributed by atoms with van der Waals surface area (Å²) < 4.78 is 5.16. The van der Waals surface area contributed by atoms with Crippen molar-refractivity contribution in [3.63, 3.8) is 0 Å². The number of amides is 2. The molecule has 2 amide bonds. The standard InChI is InChI=1S/C13H14N4O4/c14-5-10-8-17(3-4-21-10)13(20)16-7-9-1-2-11(12(18)19)15-6-9/h1-2,6,10H,3-4,7-8H2,(H,16,20)(H,18,19). The molecular formula is C13H14N4O4. The zero-order valence-electron chi connectivity index (χ0n) is 11.2. The van der Waals surface area contributed by atoms with E-state index in [-0.39, 0.29) is 24.8 Å². The first-order valence-electron chi connectivity index (χ1n) is 6.32. The van der Waals surface area contributed by atoms with Crippen LogP contribution in [0.25, 0.3) is 0 Å². The van der Waals surface area contributed by atoms with E-state index in [1.807, 2.05) is 6.07 Å². The highest BCUT2D eigenvalue weighted by molar-refractivity contribution is 5.85. The molecule has 2 rings (SSSR count). The maximum atomic E-state index is 11.9. The number of carbonyl (C=O) groups is 2. The molecule has 8 heteroatoms. The summed E-state index contributed by atoms with van der Waals surface area (Å²) in [5.41, 5.74) is 0.647. The number of nitrogens with one attached hydrogen (secondary N) is 1. The van der Waals surface area contributed by atoms with Crippen LogP contribution in [0, 0.1) is 11.3 Å². The number of rotatable bonds is 3. The van der Waals surface area contributed by atoms with E-state index in [0.29, 0.717) is 18.7 Å². The van der Waals surface area contributed by atoms with Gasteiger partial charge in [-0.2, -0.15) is 5.26 Å². The number of aromatic carboxylic acids is 1. The molecule has 0 bridgehead atoms. The van der Waals surface area contributed by atoms with Gasteiger partial charge in [0.15, 0.2) is 6.10 Å². The Morgan fingerprint density at radius 1 is 1.57 bits per heavy atom. The summed E-state index contributed by atoms with van der Waals surface area (Å²) in [6, 6.07) is 4.65. The Hall–Kier alpha value is -2.66. The second-order valence-corrected chi connectivity index (χ2v) is 4.45. The number of hydrogen-bond acceptors (Lipinski definition) is 5. The maximum absolute atomic E-state index is 11.9. The van der Waals surface area contributed by atoms with Crippen LogP contribution in [0.4, 0.5) is 4.79 Å². The summed E-state index contributed by atoms with van der Waals surface area (Å²) in [5.74, 6) is -1.10. The molecule has 0 saturated carbocycles. The van der Waals surface area contributed by atoms with Crippen molar-refractivity contribution in [2.24, 2.45) is 0 Å². The summed E-state index contributed by atoms with van der Waals surface area (Å²) in [6.45, 7) is 1.24. The third kappa shape index (κ3) is 3.90. The lowest BCUT2D eigenvalue weighted by Gasteiger charge is -2.29. The van der Waals surface area contributed by atoms with Gasteiger partial charge in [-0.05, 0) is 11.6 Å². The summed E-state index contributed by atoms with van der Waals surface area (Å²) in [5, 5.41) is 20.2. The van der Waals surface area contributed by atoms with Gasteiger partial charge in [-0.25, -0.2) is 14.6 Å². The van der Waals surface area contributed by atoms with Crippen LogP contribution in [0.2, 0.25) is 0 Å². The highest BCUT2D eigenvalue weighted by Gasteiger charge is 2.23. The van der Waals surface area contributed by atoms with Gasteiger partial charge in [0.25, 0.3) is 0 Å². The molecule has 8 nitrogen and oxygen atoms in total. The lowest BCUT2D eigenvalue weighted by Crippen LogP contribution is -2.49. The van der Waals surface area contributed by atoms with Crippen LogP contribution in [0.15, 0.2) is 18.3 Å². The van der Waals surface area contributed by atoms with E-state index >= 15 is 0 Å². The molecule has 1 aromatic heterocycles. The highest BCUT2D eigenvalue weighted by Crippen LogP contribution is 2.05. The van der Waals surface area contributed by atoms with Crippen molar-refractivity contribution in [1.29, 1.82) is 5.26 Å². The van der Waals surface area contributed by atoms with Crippen molar-refractivity contribution in [3.05, 3.63) is 29.6 Å². The fourth-order valence-electron chi connectivity index (χ4n) is 1.86. The van der Waals surface area contributed by atoms with Crippen LogP contribution < -0.4 is 5.32 Å². The van der Waals surface area contributed by atoms with Gasteiger partial charge in [-0.3, -0.25) is 0 Å². The number of hydrogen-bond donors (Lipinski definition) is 2. The van der Waals surface area contributed by atoms with E-state index in [2.05, 4.69) is 10.3 Å². The van der Waals surface area contributed by atoms with Gasteiger partial charge < -0.3 is 20.1 Å². The molecule has 110 valence electrons. The van der Waals surface area contributed by atoms with Crippen molar-refractivity contribution < 1.29 is 19.4 Å². The van der Waals surface area contributed by atoms with Gasteiger partial charge in [-0.1, -0.05) is 6.07 Å². The van der Waals surface area contributed by atoms with Gasteiger partial charge in [0, 0.05) is 19.3 Å². The Morgan fingerprint density at radius 3 is 3.00 bits per heavy atom. The van der Waals surface area contributed by atoms with Gasteiger partial charge in [0.1, 0.15) is 5.69 Å². The summed E-state index contributed by atoms with van der Waals surface area (Å²) in [7, 11) is 0. The highest BCUT2D eigenvalue weighted by atomic mass is 16.5. The number of carbonyl (C=O) groups excluding carboxylic acids is 1. The number of nitriles is 1. The average Bonchev–Trinajstić information content (AvgIpc) is 2.53. The number of nitrogens with zero attached hydrogens (tertiary/aromatic N) is 3. The first-order valence-corrected chi connectivity index (χ1v) is 6.32. The predicted octanol–water partition coefficient (Wildman–Crippen LogP) is 0.214. The fraction of sp³-hybridized carbons (Fsp3) is 0.385. The maximum Gasteiger partial charge on any atom is 0.354 e. The fourth-order valence-corrected chi connectivity index (χ4v) is 1.86. The van der Waals surface area contributed by atoms with Crippen LogP contribution >= 0.6 is 0 Å². The van der Waals surface area contributed by atoms with Crippen molar-refractivity contribution in [3.8, 4) is 6.07 Å². The number of urea groups is 1. The van der Waals surface area contributed by atoms with E-state index < -0.39 is 12.1 Å². The van der Waals surface area contributed by atoms with Crippen LogP contribution in [0.3, 0.4) is 0 Å². The zero-order chi connectivity index (χ0) is 15.2. The Balaban J connectivity index is 1.86. The molecule has 0 aromatic carbocycles. The SMILES string of the molecule is N#CC1CN(C(=O)NCc2ccc(C(=O)O)nc2)CCO1. The Labute approximate surface area is 120 Å². The second kappa shape index (κ2) is 6.67. The van der Waals surface area contributed by atoms with Crippen LogP contribution in [-0.4, -0.2) is 52.8 Å². The van der Waals surface area contributed by atoms with Crippen LogP contribution in [0.5, 0.6) is 0 Å². The summed E-state index contributed by atoms with van der Waals surface area (Å²) in [4.78, 5) is 27.9. The number of aromatic nitrogens is 1. The number of carboxylic acids is 1. The minimum Gasteiger partial charge on any atom is -0.477 e. The monoisotopic (exact) mass is 290 g/mol. The molecule has 0 spiro atoms. The van der Waals surface area contributed by atoms with E-state index in [9.17, 15) is 9.59 Å². The normalized spacial score (nSPS) is 17.9. The number of pyridine rings is 1. The quantitative estimate of drug-likeness (QED) is 0.822. The van der Waals surface area contributed by atoms with E-state index in [0.717, 1.165) is 0 Å². The van der Waals surface area contributed by atoms with Crippen LogP contribution in [0.1, 0.15) is 16.1 Å². The Kier molecular flexibility index (Phi) is 4.68. The Morgan fingerprint density at radius 2 is 2.38 bits per heavy atom. The van der Waals surface area contributed by atoms with Crippen molar-refractivity contribution in [2.45, 2.75) is 12.6 Å². The molecule has 1 fully saturated rings. The van der Waals surface area contributed by atoms with Gasteiger partial charge in [-0.15, -0.1) is 0 Å². The average molecular weight is 290 g/mol. The molecule has 0 aliphatic carbocycles. The summed E-state index contributed by atoms with van der Waals surface area (Å²) in [6.07, 6.45) is 0.808.